The molecule has 0 spiro atoms. The number of amides is 1. The normalized spacial score (nSPS) is 17.8. The first kappa shape index (κ1) is 22.2. The lowest BCUT2D eigenvalue weighted by atomic mass is 9.95. The molecule has 3 rings (SSSR count). The van der Waals surface area contributed by atoms with Gasteiger partial charge in [-0.3, -0.25) is 9.59 Å². The molecule has 1 saturated heterocycles. The number of likely N-dealkylation sites (tertiary alicyclic amines) is 1. The molecule has 0 saturated carbocycles. The third-order valence-electron chi connectivity index (χ3n) is 5.15. The summed E-state index contributed by atoms with van der Waals surface area (Å²) >= 11 is 0. The number of hydrogen-bond donors (Lipinski definition) is 2. The Labute approximate surface area is 180 Å². The molecule has 0 aromatic heterocycles. The zero-order chi connectivity index (χ0) is 22.5. The molecule has 1 unspecified atom stereocenters. The third kappa shape index (κ3) is 4.34. The molecule has 1 aliphatic rings. The van der Waals surface area contributed by atoms with E-state index < -0.39 is 17.7 Å². The number of nitrogens with zero attached hydrogens (tertiary/aromatic N) is 1. The average Bonchev–Trinajstić information content (AvgIpc) is 3.03. The summed E-state index contributed by atoms with van der Waals surface area (Å²) in [5, 5.41) is 21.3. The number of hydrogen-bond acceptors (Lipinski definition) is 7. The monoisotopic (exact) mass is 427 g/mol. The minimum Gasteiger partial charge on any atom is -0.507 e. The van der Waals surface area contributed by atoms with Gasteiger partial charge in [0.2, 0.25) is 0 Å². The molecular formula is C23H25NO7. The van der Waals surface area contributed by atoms with Gasteiger partial charge in [0.25, 0.3) is 11.7 Å². The summed E-state index contributed by atoms with van der Waals surface area (Å²) in [6.45, 7) is 0.643. The maximum absolute atomic E-state index is 13.0. The molecular weight excluding hydrogens is 402 g/mol. The molecule has 1 atom stereocenters. The van der Waals surface area contributed by atoms with Crippen LogP contribution in [0.3, 0.4) is 0 Å². The van der Waals surface area contributed by atoms with Crippen molar-refractivity contribution in [2.75, 3.05) is 34.5 Å². The van der Waals surface area contributed by atoms with E-state index in [4.69, 9.17) is 14.2 Å². The molecule has 0 bridgehead atoms. The molecule has 8 nitrogen and oxygen atoms in total. The molecule has 1 aliphatic heterocycles. The smallest absolute Gasteiger partial charge is 0.295 e. The number of phenols is 1. The maximum atomic E-state index is 13.0. The van der Waals surface area contributed by atoms with Crippen LogP contribution in [0.15, 0.2) is 48.0 Å². The molecule has 2 aromatic rings. The number of ether oxygens (including phenoxy) is 3. The van der Waals surface area contributed by atoms with Crippen molar-refractivity contribution in [3.8, 4) is 17.2 Å². The zero-order valence-electron chi connectivity index (χ0n) is 17.6. The summed E-state index contributed by atoms with van der Waals surface area (Å²) in [5.41, 5.74) is 0.761. The highest BCUT2D eigenvalue weighted by molar-refractivity contribution is 6.46. The second-order valence-electron chi connectivity index (χ2n) is 7.00. The molecule has 1 heterocycles. The standard InChI is InChI=1S/C23H25NO7/c1-29-11-5-10-24-20(14-8-9-18(31-3)17(25)13-14)19(22(27)23(24)28)21(26)15-6-4-7-16(12-15)30-2/h4,6-9,12-13,20,25-26H,5,10-11H2,1-3H3/b21-19-. The highest BCUT2D eigenvalue weighted by Crippen LogP contribution is 2.42. The van der Waals surface area contributed by atoms with Gasteiger partial charge in [-0.25, -0.2) is 0 Å². The minimum atomic E-state index is -0.875. The van der Waals surface area contributed by atoms with Gasteiger partial charge in [0, 0.05) is 25.8 Å². The van der Waals surface area contributed by atoms with E-state index >= 15 is 0 Å². The molecule has 0 aliphatic carbocycles. The van der Waals surface area contributed by atoms with Crippen LogP contribution in [0.5, 0.6) is 17.2 Å². The van der Waals surface area contributed by atoms with E-state index in [0.717, 1.165) is 0 Å². The van der Waals surface area contributed by atoms with Gasteiger partial charge in [-0.2, -0.15) is 0 Å². The van der Waals surface area contributed by atoms with Crippen molar-refractivity contribution < 1.29 is 34.0 Å². The van der Waals surface area contributed by atoms with Crippen molar-refractivity contribution >= 4 is 17.4 Å². The van der Waals surface area contributed by atoms with Crippen LogP contribution in [0.25, 0.3) is 5.76 Å². The Balaban J connectivity index is 2.15. The SMILES string of the molecule is COCCCN1C(=O)C(=O)/C(=C(\O)c2cccc(OC)c2)C1c1ccc(OC)c(O)c1. The number of ketones is 1. The quantitative estimate of drug-likeness (QED) is 0.289. The molecule has 1 fully saturated rings. The first-order valence-electron chi connectivity index (χ1n) is 9.71. The summed E-state index contributed by atoms with van der Waals surface area (Å²) in [4.78, 5) is 27.2. The number of aliphatic hydroxyl groups excluding tert-OH is 1. The number of aliphatic hydroxyl groups is 1. The van der Waals surface area contributed by atoms with E-state index in [0.29, 0.717) is 29.9 Å². The van der Waals surface area contributed by atoms with Gasteiger partial charge >= 0.3 is 0 Å². The molecule has 2 aromatic carbocycles. The molecule has 2 N–H and O–H groups in total. The van der Waals surface area contributed by atoms with Gasteiger partial charge in [-0.1, -0.05) is 18.2 Å². The van der Waals surface area contributed by atoms with Crippen LogP contribution < -0.4 is 9.47 Å². The van der Waals surface area contributed by atoms with Crippen LogP contribution in [0.2, 0.25) is 0 Å². The van der Waals surface area contributed by atoms with Gasteiger partial charge in [-0.15, -0.1) is 0 Å². The lowest BCUT2D eigenvalue weighted by molar-refractivity contribution is -0.140. The molecule has 8 heteroatoms. The number of aromatic hydroxyl groups is 1. The molecule has 1 amide bonds. The molecule has 0 radical (unpaired) electrons. The van der Waals surface area contributed by atoms with E-state index in [2.05, 4.69) is 0 Å². The predicted molar refractivity (Wildman–Crippen MR) is 113 cm³/mol. The summed E-state index contributed by atoms with van der Waals surface area (Å²) in [6, 6.07) is 10.3. The number of phenolic OH excluding ortho intramolecular Hbond substituents is 1. The van der Waals surface area contributed by atoms with Crippen LogP contribution in [-0.2, 0) is 14.3 Å². The fourth-order valence-corrected chi connectivity index (χ4v) is 3.64. The van der Waals surface area contributed by atoms with Crippen LogP contribution in [0.4, 0.5) is 0 Å². The minimum absolute atomic E-state index is 0.0553. The summed E-state index contributed by atoms with van der Waals surface area (Å²) in [6.07, 6.45) is 0.501. The van der Waals surface area contributed by atoms with Gasteiger partial charge in [-0.05, 0) is 36.2 Å². The van der Waals surface area contributed by atoms with Crippen molar-refractivity contribution in [2.45, 2.75) is 12.5 Å². The number of carbonyl (C=O) groups excluding carboxylic acids is 2. The molecule has 31 heavy (non-hydrogen) atoms. The number of rotatable bonds is 8. The Morgan fingerprint density at radius 3 is 2.48 bits per heavy atom. The second-order valence-corrected chi connectivity index (χ2v) is 7.00. The van der Waals surface area contributed by atoms with Crippen molar-refractivity contribution in [1.29, 1.82) is 0 Å². The van der Waals surface area contributed by atoms with Crippen molar-refractivity contribution in [3.63, 3.8) is 0 Å². The Hall–Kier alpha value is -3.52. The van der Waals surface area contributed by atoms with Crippen LogP contribution >= 0.6 is 0 Å². The van der Waals surface area contributed by atoms with Crippen LogP contribution in [0.1, 0.15) is 23.6 Å². The van der Waals surface area contributed by atoms with E-state index in [9.17, 15) is 19.8 Å². The van der Waals surface area contributed by atoms with E-state index in [-0.39, 0.29) is 29.4 Å². The summed E-state index contributed by atoms with van der Waals surface area (Å²) < 4.78 is 15.4. The topological polar surface area (TPSA) is 106 Å². The van der Waals surface area contributed by atoms with Gasteiger partial charge < -0.3 is 29.3 Å². The number of benzene rings is 2. The Kier molecular flexibility index (Phi) is 6.81. The average molecular weight is 427 g/mol. The first-order valence-corrected chi connectivity index (χ1v) is 9.71. The van der Waals surface area contributed by atoms with Crippen molar-refractivity contribution in [2.24, 2.45) is 0 Å². The second kappa shape index (κ2) is 9.53. The first-order chi connectivity index (χ1) is 14.9. The molecule has 164 valence electrons. The summed E-state index contributed by atoms with van der Waals surface area (Å²) in [5.74, 6) is -1.21. The Bertz CT molecular complexity index is 1010. The van der Waals surface area contributed by atoms with Gasteiger partial charge in [0.15, 0.2) is 11.5 Å². The van der Waals surface area contributed by atoms with E-state index in [1.54, 1.807) is 43.5 Å². The highest BCUT2D eigenvalue weighted by Gasteiger charge is 2.46. The number of carbonyl (C=O) groups is 2. The van der Waals surface area contributed by atoms with Crippen molar-refractivity contribution in [1.82, 2.24) is 4.90 Å². The van der Waals surface area contributed by atoms with Gasteiger partial charge in [0.1, 0.15) is 11.5 Å². The van der Waals surface area contributed by atoms with E-state index in [1.165, 1.54) is 25.2 Å². The fraction of sp³-hybridized carbons (Fsp3) is 0.304. The van der Waals surface area contributed by atoms with Crippen LogP contribution in [0, 0.1) is 0 Å². The highest BCUT2D eigenvalue weighted by atomic mass is 16.5. The number of methoxy groups -OCH3 is 3. The van der Waals surface area contributed by atoms with E-state index in [1.807, 2.05) is 0 Å². The lowest BCUT2D eigenvalue weighted by Gasteiger charge is -2.25. The lowest BCUT2D eigenvalue weighted by Crippen LogP contribution is -2.31. The Morgan fingerprint density at radius 1 is 1.06 bits per heavy atom. The maximum Gasteiger partial charge on any atom is 0.295 e. The van der Waals surface area contributed by atoms with Crippen molar-refractivity contribution in [3.05, 3.63) is 59.2 Å². The summed E-state index contributed by atoms with van der Waals surface area (Å²) in [7, 11) is 4.47. The Morgan fingerprint density at radius 2 is 1.84 bits per heavy atom. The largest absolute Gasteiger partial charge is 0.507 e. The zero-order valence-corrected chi connectivity index (χ0v) is 17.6. The third-order valence-corrected chi connectivity index (χ3v) is 5.15. The fourth-order valence-electron chi connectivity index (χ4n) is 3.64. The number of Topliss-reactive ketones (excluding diaryl/α,β-unsaturated/α-hetero) is 1. The predicted octanol–water partition coefficient (Wildman–Crippen LogP) is 2.87. The van der Waals surface area contributed by atoms with Gasteiger partial charge in [0.05, 0.1) is 25.8 Å². The van der Waals surface area contributed by atoms with Crippen LogP contribution in [-0.4, -0.2) is 61.3 Å².